The molecule has 0 fully saturated rings. The zero-order valence-corrected chi connectivity index (χ0v) is 11.0. The van der Waals surface area contributed by atoms with Crippen LogP contribution in [0.15, 0.2) is 30.3 Å². The number of alkyl halides is 2. The summed E-state index contributed by atoms with van der Waals surface area (Å²) in [6, 6.07) is 9.57. The van der Waals surface area contributed by atoms with Crippen molar-refractivity contribution in [2.45, 2.75) is 4.83 Å². The van der Waals surface area contributed by atoms with Gasteiger partial charge in [-0.2, -0.15) is 0 Å². The molecule has 1 aromatic rings. The molecule has 1 amide bonds. The molecule has 1 aromatic carbocycles. The molecular weight excluding hydrogens is 310 g/mol. The van der Waals surface area contributed by atoms with E-state index in [0.717, 1.165) is 5.69 Å². The molecule has 4 heteroatoms. The Morgan fingerprint density at radius 2 is 2.00 bits per heavy atom. The standard InChI is InChI=1S/C10H11Br2NO/c1-13(10(14)9(12)7-11)8-5-3-2-4-6-8/h2-6,9H,7H2,1H3/t9-/m1/s1. The smallest absolute Gasteiger partial charge is 0.241 e. The number of rotatable bonds is 3. The predicted octanol–water partition coefficient (Wildman–Crippen LogP) is 2.81. The van der Waals surface area contributed by atoms with Gasteiger partial charge in [0.05, 0.1) is 0 Å². The van der Waals surface area contributed by atoms with Crippen LogP contribution in [0.25, 0.3) is 0 Å². The predicted molar refractivity (Wildman–Crippen MR) is 66.4 cm³/mol. The molecule has 2 nitrogen and oxygen atoms in total. The van der Waals surface area contributed by atoms with Crippen molar-refractivity contribution in [1.29, 1.82) is 0 Å². The summed E-state index contributed by atoms with van der Waals surface area (Å²) in [6.45, 7) is 0. The Hall–Kier alpha value is -0.350. The lowest BCUT2D eigenvalue weighted by Gasteiger charge is -2.19. The van der Waals surface area contributed by atoms with Crippen LogP contribution in [0.2, 0.25) is 0 Å². The Labute approximate surface area is 101 Å². The first-order valence-corrected chi connectivity index (χ1v) is 6.23. The van der Waals surface area contributed by atoms with E-state index in [9.17, 15) is 4.79 Å². The third kappa shape index (κ3) is 2.82. The van der Waals surface area contributed by atoms with E-state index >= 15 is 0 Å². The molecule has 0 N–H and O–H groups in total. The first-order valence-electron chi connectivity index (χ1n) is 4.19. The highest BCUT2D eigenvalue weighted by Crippen LogP contribution is 2.15. The Morgan fingerprint density at radius 3 is 2.50 bits per heavy atom. The van der Waals surface area contributed by atoms with Gasteiger partial charge in [0.2, 0.25) is 5.91 Å². The fourth-order valence-corrected chi connectivity index (χ4v) is 1.64. The summed E-state index contributed by atoms with van der Waals surface area (Å²) in [5, 5.41) is 0.614. The van der Waals surface area contributed by atoms with Gasteiger partial charge in [-0.15, -0.1) is 0 Å². The molecule has 76 valence electrons. The van der Waals surface area contributed by atoms with Crippen LogP contribution in [0.3, 0.4) is 0 Å². The van der Waals surface area contributed by atoms with Crippen molar-refractivity contribution in [2.75, 3.05) is 17.3 Å². The molecular formula is C10H11Br2NO. The highest BCUT2D eigenvalue weighted by atomic mass is 79.9. The number of carbonyl (C=O) groups excluding carboxylic acids is 1. The maximum atomic E-state index is 11.7. The summed E-state index contributed by atoms with van der Waals surface area (Å²) in [4.78, 5) is 13.2. The topological polar surface area (TPSA) is 20.3 Å². The normalized spacial score (nSPS) is 12.2. The van der Waals surface area contributed by atoms with E-state index in [1.165, 1.54) is 0 Å². The average Bonchev–Trinajstić information content (AvgIpc) is 2.27. The van der Waals surface area contributed by atoms with Gasteiger partial charge in [-0.1, -0.05) is 50.1 Å². The maximum Gasteiger partial charge on any atom is 0.241 e. The Bertz CT molecular complexity index is 302. The second-order valence-corrected chi connectivity index (χ2v) is 4.61. The van der Waals surface area contributed by atoms with Crippen LogP contribution in [0.1, 0.15) is 0 Å². The van der Waals surface area contributed by atoms with Crippen LogP contribution in [0.5, 0.6) is 0 Å². The van der Waals surface area contributed by atoms with Gasteiger partial charge in [-0.25, -0.2) is 0 Å². The molecule has 0 bridgehead atoms. The fraction of sp³-hybridized carbons (Fsp3) is 0.300. The lowest BCUT2D eigenvalue weighted by Crippen LogP contribution is -2.33. The molecule has 0 aliphatic carbocycles. The van der Waals surface area contributed by atoms with E-state index in [0.29, 0.717) is 5.33 Å². The lowest BCUT2D eigenvalue weighted by atomic mass is 10.3. The largest absolute Gasteiger partial charge is 0.315 e. The zero-order chi connectivity index (χ0) is 10.6. The molecule has 0 saturated heterocycles. The van der Waals surface area contributed by atoms with Crippen LogP contribution in [0, 0.1) is 0 Å². The minimum atomic E-state index is -0.173. The number of nitrogens with zero attached hydrogens (tertiary/aromatic N) is 1. The van der Waals surface area contributed by atoms with Crippen LogP contribution in [-0.2, 0) is 4.79 Å². The van der Waals surface area contributed by atoms with Gasteiger partial charge < -0.3 is 4.90 Å². The van der Waals surface area contributed by atoms with Crippen LogP contribution in [-0.4, -0.2) is 23.1 Å². The van der Waals surface area contributed by atoms with Crippen LogP contribution >= 0.6 is 31.9 Å². The van der Waals surface area contributed by atoms with Gasteiger partial charge >= 0.3 is 0 Å². The molecule has 1 atom stereocenters. The summed E-state index contributed by atoms with van der Waals surface area (Å²) >= 11 is 6.56. The molecule has 0 heterocycles. The van der Waals surface area contributed by atoms with Crippen molar-refractivity contribution in [3.05, 3.63) is 30.3 Å². The van der Waals surface area contributed by atoms with Crippen LogP contribution < -0.4 is 4.90 Å². The number of benzene rings is 1. The maximum absolute atomic E-state index is 11.7. The van der Waals surface area contributed by atoms with E-state index in [1.807, 2.05) is 30.3 Å². The fourth-order valence-electron chi connectivity index (χ4n) is 1.05. The molecule has 0 aromatic heterocycles. The third-order valence-electron chi connectivity index (χ3n) is 1.88. The van der Waals surface area contributed by atoms with E-state index in [1.54, 1.807) is 11.9 Å². The second kappa shape index (κ2) is 5.51. The van der Waals surface area contributed by atoms with Crippen molar-refractivity contribution in [2.24, 2.45) is 0 Å². The van der Waals surface area contributed by atoms with Crippen molar-refractivity contribution < 1.29 is 4.79 Å². The first-order chi connectivity index (χ1) is 6.66. The molecule has 0 spiro atoms. The first kappa shape index (κ1) is 11.7. The minimum absolute atomic E-state index is 0.0491. The van der Waals surface area contributed by atoms with Gasteiger partial charge in [0, 0.05) is 18.1 Å². The highest BCUT2D eigenvalue weighted by molar-refractivity contribution is 9.12. The SMILES string of the molecule is CN(C(=O)[C@H](Br)CBr)c1ccccc1. The number of amides is 1. The minimum Gasteiger partial charge on any atom is -0.315 e. The van der Waals surface area contributed by atoms with Crippen molar-refractivity contribution in [3.63, 3.8) is 0 Å². The van der Waals surface area contributed by atoms with Crippen molar-refractivity contribution in [3.8, 4) is 0 Å². The second-order valence-electron chi connectivity index (χ2n) is 2.85. The van der Waals surface area contributed by atoms with E-state index < -0.39 is 0 Å². The van der Waals surface area contributed by atoms with Crippen molar-refractivity contribution >= 4 is 43.5 Å². The Kier molecular flexibility index (Phi) is 4.62. The quantitative estimate of drug-likeness (QED) is 0.784. The monoisotopic (exact) mass is 319 g/mol. The average molecular weight is 321 g/mol. The van der Waals surface area contributed by atoms with Crippen molar-refractivity contribution in [1.82, 2.24) is 0 Å². The number of hydrogen-bond donors (Lipinski definition) is 0. The summed E-state index contributed by atoms with van der Waals surface area (Å²) in [5.74, 6) is 0.0491. The van der Waals surface area contributed by atoms with E-state index in [-0.39, 0.29) is 10.7 Å². The number of hydrogen-bond acceptors (Lipinski definition) is 1. The summed E-state index contributed by atoms with van der Waals surface area (Å²) in [7, 11) is 1.77. The molecule has 0 unspecified atom stereocenters. The van der Waals surface area contributed by atoms with E-state index in [4.69, 9.17) is 0 Å². The summed E-state index contributed by atoms with van der Waals surface area (Å²) in [5.41, 5.74) is 0.905. The molecule has 0 radical (unpaired) electrons. The van der Waals surface area contributed by atoms with E-state index in [2.05, 4.69) is 31.9 Å². The molecule has 0 aliphatic heterocycles. The number of anilines is 1. The van der Waals surface area contributed by atoms with Gasteiger partial charge in [0.1, 0.15) is 4.83 Å². The van der Waals surface area contributed by atoms with Gasteiger partial charge in [0.15, 0.2) is 0 Å². The number of halogens is 2. The van der Waals surface area contributed by atoms with Crippen LogP contribution in [0.4, 0.5) is 5.69 Å². The Balaban J connectivity index is 2.76. The summed E-state index contributed by atoms with van der Waals surface area (Å²) < 4.78 is 0. The van der Waals surface area contributed by atoms with Gasteiger partial charge in [0.25, 0.3) is 0 Å². The molecule has 0 saturated carbocycles. The third-order valence-corrected chi connectivity index (χ3v) is 4.11. The van der Waals surface area contributed by atoms with Gasteiger partial charge in [-0.05, 0) is 12.1 Å². The lowest BCUT2D eigenvalue weighted by molar-refractivity contribution is -0.117. The van der Waals surface area contributed by atoms with Gasteiger partial charge in [-0.3, -0.25) is 4.79 Å². The molecule has 0 aliphatic rings. The Morgan fingerprint density at radius 1 is 1.43 bits per heavy atom. The molecule has 14 heavy (non-hydrogen) atoms. The summed E-state index contributed by atoms with van der Waals surface area (Å²) in [6.07, 6.45) is 0. The zero-order valence-electron chi connectivity index (χ0n) is 7.78. The highest BCUT2D eigenvalue weighted by Gasteiger charge is 2.18. The number of para-hydroxylation sites is 1. The number of carbonyl (C=O) groups is 1. The molecule has 1 rings (SSSR count).